The molecule has 8 heteroatoms. The normalized spacial score (nSPS) is 11.1. The highest BCUT2D eigenvalue weighted by Gasteiger charge is 2.25. The molecule has 0 aliphatic carbocycles. The van der Waals surface area contributed by atoms with E-state index in [9.17, 15) is 14.0 Å². The maximum Gasteiger partial charge on any atom is 0.313 e. The molecule has 0 bridgehead atoms. The standard InChI is InChI=1S/C22H22FN3O4/c1-22(2,11-14-4-6-15(23)7-5-14)26-21(28)20(27)25-16-8-9-17(18(10-16)29-3)19-12-24-13-30-19/h4-10,12-13H,11H2,1-3H3,(H,25,27)(H,26,28). The van der Waals surface area contributed by atoms with Gasteiger partial charge in [-0.1, -0.05) is 12.1 Å². The van der Waals surface area contributed by atoms with E-state index in [2.05, 4.69) is 15.6 Å². The fourth-order valence-electron chi connectivity index (χ4n) is 3.03. The second kappa shape index (κ2) is 8.77. The Morgan fingerprint density at radius 1 is 1.13 bits per heavy atom. The zero-order chi connectivity index (χ0) is 21.7. The van der Waals surface area contributed by atoms with Gasteiger partial charge >= 0.3 is 11.8 Å². The first-order valence-electron chi connectivity index (χ1n) is 9.22. The Balaban J connectivity index is 1.65. The minimum absolute atomic E-state index is 0.329. The largest absolute Gasteiger partial charge is 0.496 e. The van der Waals surface area contributed by atoms with E-state index >= 15 is 0 Å². The molecule has 156 valence electrons. The number of benzene rings is 2. The highest BCUT2D eigenvalue weighted by Crippen LogP contribution is 2.32. The van der Waals surface area contributed by atoms with Crippen LogP contribution in [0.25, 0.3) is 11.3 Å². The van der Waals surface area contributed by atoms with Crippen molar-refractivity contribution in [1.29, 1.82) is 0 Å². The highest BCUT2D eigenvalue weighted by atomic mass is 19.1. The van der Waals surface area contributed by atoms with Crippen molar-refractivity contribution in [3.8, 4) is 17.1 Å². The number of halogens is 1. The molecule has 3 rings (SSSR count). The fraction of sp³-hybridized carbons (Fsp3) is 0.227. The molecule has 2 N–H and O–H groups in total. The van der Waals surface area contributed by atoms with Crippen LogP contribution in [0, 0.1) is 5.82 Å². The van der Waals surface area contributed by atoms with E-state index in [0.717, 1.165) is 5.56 Å². The maximum absolute atomic E-state index is 13.1. The summed E-state index contributed by atoms with van der Waals surface area (Å²) in [6.45, 7) is 3.58. The lowest BCUT2D eigenvalue weighted by atomic mass is 9.95. The van der Waals surface area contributed by atoms with Gasteiger partial charge in [-0.3, -0.25) is 9.59 Å². The molecule has 2 aromatic carbocycles. The van der Waals surface area contributed by atoms with E-state index in [1.54, 1.807) is 50.4 Å². The van der Waals surface area contributed by atoms with Gasteiger partial charge in [-0.25, -0.2) is 9.37 Å². The summed E-state index contributed by atoms with van der Waals surface area (Å²) < 4.78 is 23.7. The molecule has 3 aromatic rings. The summed E-state index contributed by atoms with van der Waals surface area (Å²) in [4.78, 5) is 28.6. The summed E-state index contributed by atoms with van der Waals surface area (Å²) in [6.07, 6.45) is 3.29. The second-order valence-electron chi connectivity index (χ2n) is 7.38. The van der Waals surface area contributed by atoms with Crippen LogP contribution in [-0.2, 0) is 16.0 Å². The highest BCUT2D eigenvalue weighted by molar-refractivity contribution is 6.39. The average Bonchev–Trinajstić information content (AvgIpc) is 3.23. The molecule has 30 heavy (non-hydrogen) atoms. The number of nitrogens with one attached hydrogen (secondary N) is 2. The van der Waals surface area contributed by atoms with Crippen LogP contribution >= 0.6 is 0 Å². The Hall–Kier alpha value is -3.68. The van der Waals surface area contributed by atoms with E-state index < -0.39 is 17.4 Å². The number of anilines is 1. The van der Waals surface area contributed by atoms with Crippen LogP contribution in [0.15, 0.2) is 59.5 Å². The fourth-order valence-corrected chi connectivity index (χ4v) is 3.03. The molecule has 1 heterocycles. The summed E-state index contributed by atoms with van der Waals surface area (Å²) in [7, 11) is 1.49. The van der Waals surface area contributed by atoms with E-state index in [1.165, 1.54) is 25.6 Å². The first-order valence-corrected chi connectivity index (χ1v) is 9.22. The minimum Gasteiger partial charge on any atom is -0.496 e. The second-order valence-corrected chi connectivity index (χ2v) is 7.38. The molecule has 0 saturated carbocycles. The number of hydrogen-bond acceptors (Lipinski definition) is 5. The van der Waals surface area contributed by atoms with Gasteiger partial charge in [0.05, 0.1) is 18.9 Å². The van der Waals surface area contributed by atoms with Gasteiger partial charge in [0, 0.05) is 17.3 Å². The van der Waals surface area contributed by atoms with Gasteiger partial charge in [-0.05, 0) is 50.1 Å². The average molecular weight is 411 g/mol. The SMILES string of the molecule is COc1cc(NC(=O)C(=O)NC(C)(C)Cc2ccc(F)cc2)ccc1-c1cnco1. The predicted octanol–water partition coefficient (Wildman–Crippen LogP) is 3.57. The van der Waals surface area contributed by atoms with Crippen molar-refractivity contribution < 1.29 is 23.1 Å². The lowest BCUT2D eigenvalue weighted by molar-refractivity contribution is -0.137. The van der Waals surface area contributed by atoms with Crippen molar-refractivity contribution in [3.63, 3.8) is 0 Å². The number of amides is 2. The zero-order valence-corrected chi connectivity index (χ0v) is 16.9. The van der Waals surface area contributed by atoms with Gasteiger partial charge < -0.3 is 19.8 Å². The Kier molecular flexibility index (Phi) is 6.15. The number of ether oxygens (including phenoxy) is 1. The van der Waals surface area contributed by atoms with Gasteiger partial charge in [0.2, 0.25) is 0 Å². The van der Waals surface area contributed by atoms with E-state index in [-0.39, 0.29) is 5.82 Å². The summed E-state index contributed by atoms with van der Waals surface area (Å²) in [5.41, 5.74) is 1.19. The number of oxazole rings is 1. The molecule has 0 atom stereocenters. The number of nitrogens with zero attached hydrogens (tertiary/aromatic N) is 1. The first kappa shape index (κ1) is 21.0. The number of aromatic nitrogens is 1. The third kappa shape index (κ3) is 5.22. The molecule has 0 radical (unpaired) electrons. The van der Waals surface area contributed by atoms with Gasteiger partial charge in [0.1, 0.15) is 11.6 Å². The number of carbonyl (C=O) groups is 2. The van der Waals surface area contributed by atoms with Gasteiger partial charge in [0.25, 0.3) is 0 Å². The van der Waals surface area contributed by atoms with Crippen molar-refractivity contribution in [3.05, 3.63) is 66.4 Å². The summed E-state index contributed by atoms with van der Waals surface area (Å²) in [6, 6.07) is 10.9. The van der Waals surface area contributed by atoms with Crippen LogP contribution < -0.4 is 15.4 Å². The predicted molar refractivity (Wildman–Crippen MR) is 109 cm³/mol. The third-order valence-electron chi connectivity index (χ3n) is 4.37. The molecule has 0 unspecified atom stereocenters. The van der Waals surface area contributed by atoms with Crippen LogP contribution in [-0.4, -0.2) is 29.4 Å². The number of carbonyl (C=O) groups excluding carboxylic acids is 2. The monoisotopic (exact) mass is 411 g/mol. The quantitative estimate of drug-likeness (QED) is 0.605. The molecule has 7 nitrogen and oxygen atoms in total. The molecule has 2 amide bonds. The van der Waals surface area contributed by atoms with Crippen molar-refractivity contribution in [2.75, 3.05) is 12.4 Å². The van der Waals surface area contributed by atoms with E-state index in [4.69, 9.17) is 9.15 Å². The molecule has 1 aromatic heterocycles. The Morgan fingerprint density at radius 3 is 2.50 bits per heavy atom. The van der Waals surface area contributed by atoms with Crippen LogP contribution in [0.1, 0.15) is 19.4 Å². The van der Waals surface area contributed by atoms with Crippen LogP contribution in [0.4, 0.5) is 10.1 Å². The summed E-state index contributed by atoms with van der Waals surface area (Å²) in [5, 5.41) is 5.26. The molecule has 0 fully saturated rings. The maximum atomic E-state index is 13.1. The van der Waals surface area contributed by atoms with Crippen molar-refractivity contribution in [2.45, 2.75) is 25.8 Å². The molecule has 0 spiro atoms. The first-order chi connectivity index (χ1) is 14.3. The summed E-state index contributed by atoms with van der Waals surface area (Å²) >= 11 is 0. The molecule has 0 aliphatic heterocycles. The number of methoxy groups -OCH3 is 1. The van der Waals surface area contributed by atoms with Crippen LogP contribution in [0.3, 0.4) is 0 Å². The van der Waals surface area contributed by atoms with Crippen LogP contribution in [0.2, 0.25) is 0 Å². The lowest BCUT2D eigenvalue weighted by Crippen LogP contribution is -2.49. The summed E-state index contributed by atoms with van der Waals surface area (Å²) in [5.74, 6) is -0.937. The third-order valence-corrected chi connectivity index (χ3v) is 4.37. The molecule has 0 saturated heterocycles. The van der Waals surface area contributed by atoms with Crippen molar-refractivity contribution in [2.24, 2.45) is 0 Å². The Bertz CT molecular complexity index is 1030. The van der Waals surface area contributed by atoms with Gasteiger partial charge in [-0.2, -0.15) is 0 Å². The molecular weight excluding hydrogens is 389 g/mol. The Morgan fingerprint density at radius 2 is 1.87 bits per heavy atom. The van der Waals surface area contributed by atoms with Crippen LogP contribution in [0.5, 0.6) is 5.75 Å². The van der Waals surface area contributed by atoms with Gasteiger partial charge in [0.15, 0.2) is 12.2 Å². The Labute approximate surface area is 173 Å². The molecule has 0 aliphatic rings. The van der Waals surface area contributed by atoms with Crippen molar-refractivity contribution >= 4 is 17.5 Å². The van der Waals surface area contributed by atoms with E-state index in [1.807, 2.05) is 0 Å². The lowest BCUT2D eigenvalue weighted by Gasteiger charge is -2.26. The number of rotatable bonds is 6. The zero-order valence-electron chi connectivity index (χ0n) is 16.9. The smallest absolute Gasteiger partial charge is 0.313 e. The topological polar surface area (TPSA) is 93.5 Å². The number of hydrogen-bond donors (Lipinski definition) is 2. The van der Waals surface area contributed by atoms with Crippen molar-refractivity contribution in [1.82, 2.24) is 10.3 Å². The minimum atomic E-state index is -0.809. The molecular formula is C22H22FN3O4. The van der Waals surface area contributed by atoms with Gasteiger partial charge in [-0.15, -0.1) is 0 Å². The van der Waals surface area contributed by atoms with E-state index in [0.29, 0.717) is 29.2 Å².